The lowest BCUT2D eigenvalue weighted by atomic mass is 10.2. The second-order valence-electron chi connectivity index (χ2n) is 5.12. The summed E-state index contributed by atoms with van der Waals surface area (Å²) in [5, 5.41) is 22.5. The second kappa shape index (κ2) is 5.90. The number of β-amino-alcohol motifs (C(OH)–C–C–N with tert-alkyl or cyclic N) is 1. The third-order valence-corrected chi connectivity index (χ3v) is 4.44. The van der Waals surface area contributed by atoms with E-state index in [1.807, 2.05) is 12.3 Å². The van der Waals surface area contributed by atoms with Crippen molar-refractivity contribution in [1.29, 1.82) is 0 Å². The third-order valence-electron chi connectivity index (χ3n) is 3.58. The number of carboxylic acid groups (broad SMARTS) is 1. The Hall–Kier alpha value is -1.44. The van der Waals surface area contributed by atoms with Crippen molar-refractivity contribution in [2.45, 2.75) is 19.1 Å². The van der Waals surface area contributed by atoms with Crippen LogP contribution in [0.15, 0.2) is 10.8 Å². The average molecular weight is 298 g/mol. The Kier molecular flexibility index (Phi) is 4.42. The van der Waals surface area contributed by atoms with E-state index in [9.17, 15) is 14.7 Å². The van der Waals surface area contributed by atoms with Crippen LogP contribution < -0.4 is 0 Å². The number of hydrogen-bond donors (Lipinski definition) is 2. The van der Waals surface area contributed by atoms with Gasteiger partial charge in [0.15, 0.2) is 0 Å². The van der Waals surface area contributed by atoms with Gasteiger partial charge in [-0.3, -0.25) is 14.5 Å². The molecule has 1 aliphatic rings. The number of aliphatic hydroxyl groups is 1. The van der Waals surface area contributed by atoms with E-state index in [4.69, 9.17) is 5.11 Å². The van der Waals surface area contributed by atoms with Gasteiger partial charge in [0.05, 0.1) is 24.3 Å². The number of likely N-dealkylation sites (N-methyl/N-ethyl adjacent to an activating group) is 1. The molecule has 6 nitrogen and oxygen atoms in total. The standard InChI is InChI=1S/C13H18N2O4S/c1-8-6-20-7-9(8)13(19)15-3-10(11(16)4-15)14(2)5-12(17)18/h6-7,10-11,16H,3-5H2,1-2H3,(H,17,18)/t10-,11-/m1/s1. The van der Waals surface area contributed by atoms with E-state index in [0.717, 1.165) is 5.56 Å². The topological polar surface area (TPSA) is 81.1 Å². The molecule has 0 unspecified atom stereocenters. The summed E-state index contributed by atoms with van der Waals surface area (Å²) >= 11 is 1.47. The van der Waals surface area contributed by atoms with Crippen LogP contribution in [0.5, 0.6) is 0 Å². The molecule has 110 valence electrons. The molecule has 7 heteroatoms. The third kappa shape index (κ3) is 3.00. The molecule has 0 aliphatic carbocycles. The van der Waals surface area contributed by atoms with Gasteiger partial charge in [-0.1, -0.05) is 0 Å². The lowest BCUT2D eigenvalue weighted by molar-refractivity contribution is -0.138. The van der Waals surface area contributed by atoms with Crippen molar-refractivity contribution in [3.8, 4) is 0 Å². The number of amides is 1. The molecule has 2 atom stereocenters. The fourth-order valence-corrected chi connectivity index (χ4v) is 3.27. The first kappa shape index (κ1) is 15.0. The maximum Gasteiger partial charge on any atom is 0.317 e. The summed E-state index contributed by atoms with van der Waals surface area (Å²) in [6.07, 6.45) is -0.720. The Balaban J connectivity index is 2.05. The van der Waals surface area contributed by atoms with Crippen LogP contribution in [0.4, 0.5) is 0 Å². The van der Waals surface area contributed by atoms with Crippen molar-refractivity contribution >= 4 is 23.2 Å². The molecule has 0 aromatic carbocycles. The van der Waals surface area contributed by atoms with E-state index < -0.39 is 12.1 Å². The first-order chi connectivity index (χ1) is 9.40. The highest BCUT2D eigenvalue weighted by Gasteiger charge is 2.37. The molecular formula is C13H18N2O4S. The molecule has 0 bridgehead atoms. The highest BCUT2D eigenvalue weighted by molar-refractivity contribution is 7.08. The number of likely N-dealkylation sites (tertiary alicyclic amines) is 1. The summed E-state index contributed by atoms with van der Waals surface area (Å²) in [7, 11) is 1.64. The molecule has 1 fully saturated rings. The van der Waals surface area contributed by atoms with E-state index in [-0.39, 0.29) is 25.0 Å². The smallest absolute Gasteiger partial charge is 0.317 e. The van der Waals surface area contributed by atoms with E-state index in [2.05, 4.69) is 0 Å². The van der Waals surface area contributed by atoms with Gasteiger partial charge in [0.25, 0.3) is 5.91 Å². The van der Waals surface area contributed by atoms with Gasteiger partial charge in [-0.05, 0) is 24.9 Å². The second-order valence-corrected chi connectivity index (χ2v) is 5.87. The van der Waals surface area contributed by atoms with Crippen LogP contribution in [0.25, 0.3) is 0 Å². The van der Waals surface area contributed by atoms with Gasteiger partial charge in [0.1, 0.15) is 0 Å². The molecule has 1 aromatic heterocycles. The highest BCUT2D eigenvalue weighted by atomic mass is 32.1. The van der Waals surface area contributed by atoms with E-state index >= 15 is 0 Å². The lowest BCUT2D eigenvalue weighted by Gasteiger charge is -2.24. The van der Waals surface area contributed by atoms with Gasteiger partial charge in [0.2, 0.25) is 0 Å². The van der Waals surface area contributed by atoms with Gasteiger partial charge >= 0.3 is 5.97 Å². The van der Waals surface area contributed by atoms with Crippen molar-refractivity contribution in [3.63, 3.8) is 0 Å². The minimum atomic E-state index is -0.946. The number of aliphatic carboxylic acids is 1. The number of rotatable bonds is 4. The molecule has 2 rings (SSSR count). The summed E-state index contributed by atoms with van der Waals surface area (Å²) in [6.45, 7) is 2.31. The molecule has 20 heavy (non-hydrogen) atoms. The molecule has 2 heterocycles. The van der Waals surface area contributed by atoms with Crippen molar-refractivity contribution in [3.05, 3.63) is 21.9 Å². The normalized spacial score (nSPS) is 22.5. The zero-order chi connectivity index (χ0) is 14.9. The molecular weight excluding hydrogens is 280 g/mol. The Bertz CT molecular complexity index is 516. The van der Waals surface area contributed by atoms with Gasteiger partial charge in [-0.2, -0.15) is 11.3 Å². The molecule has 0 radical (unpaired) electrons. The maximum absolute atomic E-state index is 12.4. The Morgan fingerprint density at radius 2 is 2.15 bits per heavy atom. The van der Waals surface area contributed by atoms with Gasteiger partial charge in [-0.25, -0.2) is 0 Å². The Morgan fingerprint density at radius 3 is 2.70 bits per heavy atom. The summed E-state index contributed by atoms with van der Waals surface area (Å²) in [6, 6.07) is -0.339. The summed E-state index contributed by atoms with van der Waals surface area (Å²) in [4.78, 5) is 26.2. The predicted octanol–water partition coefficient (Wildman–Crippen LogP) is 0.258. The van der Waals surface area contributed by atoms with Gasteiger partial charge in [-0.15, -0.1) is 0 Å². The van der Waals surface area contributed by atoms with Crippen molar-refractivity contribution in [2.75, 3.05) is 26.7 Å². The number of carbonyl (C=O) groups excluding carboxylic acids is 1. The van der Waals surface area contributed by atoms with E-state index in [0.29, 0.717) is 12.1 Å². The van der Waals surface area contributed by atoms with Crippen LogP contribution in [-0.2, 0) is 4.79 Å². The number of carbonyl (C=O) groups is 2. The zero-order valence-corrected chi connectivity index (χ0v) is 12.3. The van der Waals surface area contributed by atoms with Crippen molar-refractivity contribution < 1.29 is 19.8 Å². The van der Waals surface area contributed by atoms with Crippen LogP contribution in [0.2, 0.25) is 0 Å². The number of carboxylic acids is 1. The summed E-state index contributed by atoms with van der Waals surface area (Å²) in [5.41, 5.74) is 1.58. The minimum absolute atomic E-state index is 0.103. The molecule has 0 spiro atoms. The SMILES string of the molecule is Cc1cscc1C(=O)N1C[C@@H](O)[C@H](N(C)CC(=O)O)C1. The maximum atomic E-state index is 12.4. The summed E-state index contributed by atoms with van der Waals surface area (Å²) in [5.74, 6) is -1.05. The molecule has 1 aliphatic heterocycles. The quantitative estimate of drug-likeness (QED) is 0.833. The number of nitrogens with zero attached hydrogens (tertiary/aromatic N) is 2. The van der Waals surface area contributed by atoms with Crippen LogP contribution in [0.3, 0.4) is 0 Å². The van der Waals surface area contributed by atoms with Crippen LogP contribution >= 0.6 is 11.3 Å². The van der Waals surface area contributed by atoms with Gasteiger partial charge < -0.3 is 15.1 Å². The molecule has 1 amide bonds. The van der Waals surface area contributed by atoms with Crippen LogP contribution in [0.1, 0.15) is 15.9 Å². The molecule has 0 saturated carbocycles. The van der Waals surface area contributed by atoms with E-state index in [1.165, 1.54) is 11.3 Å². The van der Waals surface area contributed by atoms with Gasteiger partial charge in [0, 0.05) is 18.5 Å². The van der Waals surface area contributed by atoms with Crippen molar-refractivity contribution in [1.82, 2.24) is 9.80 Å². The van der Waals surface area contributed by atoms with Crippen molar-refractivity contribution in [2.24, 2.45) is 0 Å². The number of aliphatic hydroxyl groups excluding tert-OH is 1. The Labute approximate surface area is 121 Å². The zero-order valence-electron chi connectivity index (χ0n) is 11.4. The first-order valence-electron chi connectivity index (χ1n) is 6.32. The molecule has 1 aromatic rings. The fraction of sp³-hybridized carbons (Fsp3) is 0.538. The van der Waals surface area contributed by atoms with Crippen LogP contribution in [0, 0.1) is 6.92 Å². The number of thiophene rings is 1. The Morgan fingerprint density at radius 1 is 1.45 bits per heavy atom. The minimum Gasteiger partial charge on any atom is -0.480 e. The highest BCUT2D eigenvalue weighted by Crippen LogP contribution is 2.21. The molecule has 2 N–H and O–H groups in total. The van der Waals surface area contributed by atoms with Crippen LogP contribution in [-0.4, -0.2) is 70.7 Å². The largest absolute Gasteiger partial charge is 0.480 e. The monoisotopic (exact) mass is 298 g/mol. The first-order valence-corrected chi connectivity index (χ1v) is 7.26. The average Bonchev–Trinajstić information content (AvgIpc) is 2.93. The lowest BCUT2D eigenvalue weighted by Crippen LogP contribution is -2.43. The fourth-order valence-electron chi connectivity index (χ4n) is 2.45. The predicted molar refractivity (Wildman–Crippen MR) is 75.0 cm³/mol. The summed E-state index contributed by atoms with van der Waals surface area (Å²) < 4.78 is 0. The van der Waals surface area contributed by atoms with E-state index in [1.54, 1.807) is 22.2 Å². The number of hydrogen-bond acceptors (Lipinski definition) is 5. The number of aryl methyl sites for hydroxylation is 1. The molecule has 1 saturated heterocycles.